The summed E-state index contributed by atoms with van der Waals surface area (Å²) >= 11 is 0. The molecule has 0 heterocycles. The quantitative estimate of drug-likeness (QED) is 0.226. The fourth-order valence-corrected chi connectivity index (χ4v) is 5.91. The zero-order valence-electron chi connectivity index (χ0n) is 21.1. The summed E-state index contributed by atoms with van der Waals surface area (Å²) in [6.45, 7) is 2.28. The Labute approximate surface area is 210 Å². The monoisotopic (exact) mass is 476 g/mol. The van der Waals surface area contributed by atoms with Gasteiger partial charge in [-0.25, -0.2) is 0 Å². The fraction of sp³-hybridized carbons (Fsp3) is 0.548. The standard InChI is InChI=1S/C31H40O4/c1-2-3-4-5-22-6-8-23(9-7-22)24-10-12-25(13-11-24)26-18-20-29(21-19-26)35-31(34)28-16-14-27(15-17-28)30(32)33/h10-13,18-23,27-28H,2-9,14-17H2,1H3,(H,32,33)/t22-,23-,27-,28-. The van der Waals surface area contributed by atoms with E-state index < -0.39 is 5.97 Å². The number of ether oxygens (including phenoxy) is 1. The summed E-state index contributed by atoms with van der Waals surface area (Å²) in [7, 11) is 0. The smallest absolute Gasteiger partial charge is 0.314 e. The number of carbonyl (C=O) groups excluding carboxylic acids is 1. The molecule has 4 nitrogen and oxygen atoms in total. The van der Waals surface area contributed by atoms with E-state index in [9.17, 15) is 9.59 Å². The lowest BCUT2D eigenvalue weighted by atomic mass is 9.77. The van der Waals surface area contributed by atoms with Crippen LogP contribution in [0.25, 0.3) is 11.1 Å². The maximum atomic E-state index is 12.5. The number of aliphatic carboxylic acids is 1. The van der Waals surface area contributed by atoms with Crippen molar-refractivity contribution in [3.8, 4) is 16.9 Å². The molecule has 0 spiro atoms. The summed E-state index contributed by atoms with van der Waals surface area (Å²) in [5.41, 5.74) is 3.74. The van der Waals surface area contributed by atoms with E-state index in [1.807, 2.05) is 24.3 Å². The molecule has 35 heavy (non-hydrogen) atoms. The number of carboxylic acid groups (broad SMARTS) is 1. The minimum atomic E-state index is -0.759. The van der Waals surface area contributed by atoms with Gasteiger partial charge in [-0.1, -0.05) is 69.0 Å². The third kappa shape index (κ3) is 6.96. The van der Waals surface area contributed by atoms with E-state index in [-0.39, 0.29) is 17.8 Å². The zero-order valence-corrected chi connectivity index (χ0v) is 21.1. The van der Waals surface area contributed by atoms with Crippen LogP contribution in [-0.4, -0.2) is 17.0 Å². The fourth-order valence-electron chi connectivity index (χ4n) is 5.91. The molecule has 0 bridgehead atoms. The Hall–Kier alpha value is -2.62. The van der Waals surface area contributed by atoms with Gasteiger partial charge in [0.05, 0.1) is 11.8 Å². The summed E-state index contributed by atoms with van der Waals surface area (Å²) in [6.07, 6.45) is 13.1. The second-order valence-electron chi connectivity index (χ2n) is 10.7. The number of carbonyl (C=O) groups is 2. The number of esters is 1. The molecule has 0 aromatic heterocycles. The minimum Gasteiger partial charge on any atom is -0.481 e. The summed E-state index contributed by atoms with van der Waals surface area (Å²) in [5.74, 6) is 0.644. The van der Waals surface area contributed by atoms with Crippen molar-refractivity contribution in [2.24, 2.45) is 17.8 Å². The van der Waals surface area contributed by atoms with Crippen LogP contribution in [-0.2, 0) is 9.59 Å². The number of benzene rings is 2. The maximum Gasteiger partial charge on any atom is 0.314 e. The van der Waals surface area contributed by atoms with Crippen LogP contribution in [0, 0.1) is 17.8 Å². The second-order valence-corrected chi connectivity index (χ2v) is 10.7. The molecule has 4 heteroatoms. The van der Waals surface area contributed by atoms with Crippen LogP contribution in [0.5, 0.6) is 5.75 Å². The highest BCUT2D eigenvalue weighted by Crippen LogP contribution is 2.38. The van der Waals surface area contributed by atoms with E-state index in [1.54, 1.807) is 0 Å². The largest absolute Gasteiger partial charge is 0.481 e. The van der Waals surface area contributed by atoms with E-state index in [4.69, 9.17) is 9.84 Å². The van der Waals surface area contributed by atoms with Gasteiger partial charge in [0, 0.05) is 0 Å². The Morgan fingerprint density at radius 1 is 0.771 bits per heavy atom. The molecule has 2 aliphatic carbocycles. The van der Waals surface area contributed by atoms with Crippen molar-refractivity contribution in [1.29, 1.82) is 0 Å². The molecule has 188 valence electrons. The van der Waals surface area contributed by atoms with E-state index in [1.165, 1.54) is 62.5 Å². The predicted molar refractivity (Wildman–Crippen MR) is 139 cm³/mol. The first-order chi connectivity index (χ1) is 17.0. The molecule has 2 aromatic carbocycles. The lowest BCUT2D eigenvalue weighted by molar-refractivity contribution is -0.146. The van der Waals surface area contributed by atoms with E-state index >= 15 is 0 Å². The predicted octanol–water partition coefficient (Wildman–Crippen LogP) is 8.00. The molecule has 0 unspecified atom stereocenters. The van der Waals surface area contributed by atoms with Crippen molar-refractivity contribution < 1.29 is 19.4 Å². The molecular weight excluding hydrogens is 436 g/mol. The average molecular weight is 477 g/mol. The third-order valence-corrected chi connectivity index (χ3v) is 8.26. The summed E-state index contributed by atoms with van der Waals surface area (Å²) in [6, 6.07) is 16.7. The van der Waals surface area contributed by atoms with Gasteiger partial charge in [-0.2, -0.15) is 0 Å². The Morgan fingerprint density at radius 3 is 1.91 bits per heavy atom. The van der Waals surface area contributed by atoms with Gasteiger partial charge in [-0.3, -0.25) is 9.59 Å². The lowest BCUT2D eigenvalue weighted by Crippen LogP contribution is -2.28. The second kappa shape index (κ2) is 12.4. The normalized spacial score (nSPS) is 24.6. The van der Waals surface area contributed by atoms with Crippen molar-refractivity contribution in [2.75, 3.05) is 0 Å². The number of hydrogen-bond acceptors (Lipinski definition) is 3. The molecular formula is C31H40O4. The summed E-state index contributed by atoms with van der Waals surface area (Å²) in [4.78, 5) is 23.6. The first-order valence-corrected chi connectivity index (χ1v) is 13.7. The van der Waals surface area contributed by atoms with Gasteiger partial charge in [0.1, 0.15) is 5.75 Å². The Kier molecular flexibility index (Phi) is 9.01. The number of rotatable bonds is 9. The third-order valence-electron chi connectivity index (χ3n) is 8.26. The maximum absolute atomic E-state index is 12.5. The number of hydrogen-bond donors (Lipinski definition) is 1. The highest BCUT2D eigenvalue weighted by atomic mass is 16.5. The van der Waals surface area contributed by atoms with Gasteiger partial charge in [-0.15, -0.1) is 0 Å². The van der Waals surface area contributed by atoms with Crippen LogP contribution in [0.4, 0.5) is 0 Å². The molecule has 2 aliphatic rings. The van der Waals surface area contributed by atoms with Crippen molar-refractivity contribution in [1.82, 2.24) is 0 Å². The Bertz CT molecular complexity index is 946. The van der Waals surface area contributed by atoms with Crippen molar-refractivity contribution in [3.63, 3.8) is 0 Å². The topological polar surface area (TPSA) is 63.6 Å². The van der Waals surface area contributed by atoms with Crippen LogP contribution >= 0.6 is 0 Å². The molecule has 2 saturated carbocycles. The average Bonchev–Trinajstić information content (AvgIpc) is 2.90. The van der Waals surface area contributed by atoms with Crippen LogP contribution in [0.2, 0.25) is 0 Å². The Balaban J connectivity index is 1.26. The first-order valence-electron chi connectivity index (χ1n) is 13.7. The van der Waals surface area contributed by atoms with Gasteiger partial charge in [0.2, 0.25) is 0 Å². The minimum absolute atomic E-state index is 0.204. The summed E-state index contributed by atoms with van der Waals surface area (Å²) < 4.78 is 5.59. The SMILES string of the molecule is CCCCC[C@H]1CC[C@H](c2ccc(-c3ccc(OC(=O)[C@H]4CC[C@H](C(=O)O)CC4)cc3)cc2)CC1. The highest BCUT2D eigenvalue weighted by molar-refractivity contribution is 5.76. The van der Waals surface area contributed by atoms with Crippen LogP contribution in [0.1, 0.15) is 95.5 Å². The molecule has 0 radical (unpaired) electrons. The molecule has 0 atom stereocenters. The van der Waals surface area contributed by atoms with Crippen LogP contribution < -0.4 is 4.74 Å². The van der Waals surface area contributed by atoms with Gasteiger partial charge in [-0.05, 0) is 92.0 Å². The molecule has 4 rings (SSSR count). The van der Waals surface area contributed by atoms with Crippen LogP contribution in [0.15, 0.2) is 48.5 Å². The molecule has 1 N–H and O–H groups in total. The Morgan fingerprint density at radius 2 is 1.34 bits per heavy atom. The first kappa shape index (κ1) is 25.5. The van der Waals surface area contributed by atoms with Crippen LogP contribution in [0.3, 0.4) is 0 Å². The molecule has 2 aromatic rings. The highest BCUT2D eigenvalue weighted by Gasteiger charge is 2.31. The van der Waals surface area contributed by atoms with E-state index in [2.05, 4.69) is 31.2 Å². The van der Waals surface area contributed by atoms with Crippen molar-refractivity contribution >= 4 is 11.9 Å². The molecule has 0 aliphatic heterocycles. The van der Waals surface area contributed by atoms with Gasteiger partial charge >= 0.3 is 11.9 Å². The van der Waals surface area contributed by atoms with Crippen molar-refractivity contribution in [2.45, 2.75) is 89.9 Å². The van der Waals surface area contributed by atoms with E-state index in [0.717, 1.165) is 11.5 Å². The van der Waals surface area contributed by atoms with Gasteiger partial charge < -0.3 is 9.84 Å². The zero-order chi connectivity index (χ0) is 24.6. The van der Waals surface area contributed by atoms with E-state index in [0.29, 0.717) is 37.4 Å². The number of unbranched alkanes of at least 4 members (excludes halogenated alkanes) is 2. The number of carboxylic acids is 1. The van der Waals surface area contributed by atoms with Gasteiger partial charge in [0.15, 0.2) is 0 Å². The molecule has 2 fully saturated rings. The molecule has 0 saturated heterocycles. The van der Waals surface area contributed by atoms with Gasteiger partial charge in [0.25, 0.3) is 0 Å². The van der Waals surface area contributed by atoms with Crippen molar-refractivity contribution in [3.05, 3.63) is 54.1 Å². The summed E-state index contributed by atoms with van der Waals surface area (Å²) in [5, 5.41) is 9.13. The lowest BCUT2D eigenvalue weighted by Gasteiger charge is -2.29. The molecule has 0 amide bonds.